The van der Waals surface area contributed by atoms with E-state index in [2.05, 4.69) is 22.9 Å². The van der Waals surface area contributed by atoms with Crippen molar-refractivity contribution in [2.45, 2.75) is 45.6 Å². The molecular formula is C22H26ClN3O3S. The average molecular weight is 448 g/mol. The Morgan fingerprint density at radius 2 is 1.67 bits per heavy atom. The Kier molecular flexibility index (Phi) is 9.57. The number of thiocarbonyl (C=S) groups is 1. The zero-order valence-corrected chi connectivity index (χ0v) is 18.6. The van der Waals surface area contributed by atoms with Crippen LogP contribution < -0.4 is 20.7 Å². The number of hydrogen-bond donors (Lipinski definition) is 3. The van der Waals surface area contributed by atoms with E-state index in [0.29, 0.717) is 28.6 Å². The van der Waals surface area contributed by atoms with Gasteiger partial charge in [0.05, 0.1) is 5.02 Å². The molecule has 0 saturated heterocycles. The van der Waals surface area contributed by atoms with Crippen molar-refractivity contribution in [3.8, 4) is 5.75 Å². The van der Waals surface area contributed by atoms with Crippen molar-refractivity contribution in [1.82, 2.24) is 5.32 Å². The van der Waals surface area contributed by atoms with Crippen LogP contribution in [-0.2, 0) is 9.59 Å². The van der Waals surface area contributed by atoms with Crippen LogP contribution in [0, 0.1) is 0 Å². The van der Waals surface area contributed by atoms with Crippen molar-refractivity contribution < 1.29 is 14.3 Å². The van der Waals surface area contributed by atoms with E-state index < -0.39 is 6.10 Å². The Balaban J connectivity index is 1.82. The molecular weight excluding hydrogens is 422 g/mol. The molecule has 0 bridgehead atoms. The number of benzene rings is 2. The highest BCUT2D eigenvalue weighted by Crippen LogP contribution is 2.24. The molecule has 8 heteroatoms. The van der Waals surface area contributed by atoms with E-state index in [4.69, 9.17) is 28.6 Å². The Bertz CT molecular complexity index is 874. The summed E-state index contributed by atoms with van der Waals surface area (Å²) in [6, 6.07) is 14.0. The van der Waals surface area contributed by atoms with Crippen LogP contribution in [0.4, 0.5) is 11.4 Å². The van der Waals surface area contributed by atoms with Crippen LogP contribution in [-0.4, -0.2) is 23.0 Å². The lowest BCUT2D eigenvalue weighted by atomic mass is 10.2. The highest BCUT2D eigenvalue weighted by atomic mass is 35.5. The van der Waals surface area contributed by atoms with Crippen molar-refractivity contribution in [3.05, 3.63) is 53.6 Å². The van der Waals surface area contributed by atoms with E-state index in [1.54, 1.807) is 55.5 Å². The SMILES string of the molecule is CCCCCC(=O)NC(=S)Nc1ccc(NC(=O)C(C)Oc2ccccc2Cl)cc1. The highest BCUT2D eigenvalue weighted by molar-refractivity contribution is 7.80. The van der Waals surface area contributed by atoms with Crippen LogP contribution >= 0.6 is 23.8 Å². The number of anilines is 2. The fourth-order valence-corrected chi connectivity index (χ4v) is 2.96. The summed E-state index contributed by atoms with van der Waals surface area (Å²) < 4.78 is 5.61. The number of amides is 2. The predicted molar refractivity (Wildman–Crippen MR) is 125 cm³/mol. The molecule has 2 aromatic rings. The number of unbranched alkanes of at least 4 members (excludes halogenated alkanes) is 2. The van der Waals surface area contributed by atoms with E-state index in [9.17, 15) is 9.59 Å². The lowest BCUT2D eigenvalue weighted by molar-refractivity contribution is -0.122. The maximum Gasteiger partial charge on any atom is 0.265 e. The normalized spacial score (nSPS) is 11.3. The molecule has 6 nitrogen and oxygen atoms in total. The van der Waals surface area contributed by atoms with E-state index >= 15 is 0 Å². The zero-order valence-electron chi connectivity index (χ0n) is 17.0. The fourth-order valence-electron chi connectivity index (χ4n) is 2.55. The molecule has 2 amide bonds. The topological polar surface area (TPSA) is 79.5 Å². The molecule has 0 radical (unpaired) electrons. The van der Waals surface area contributed by atoms with Crippen molar-refractivity contribution >= 4 is 52.1 Å². The Hall–Kier alpha value is -2.64. The first-order valence-electron chi connectivity index (χ1n) is 9.82. The quantitative estimate of drug-likeness (QED) is 0.366. The third-order valence-electron chi connectivity index (χ3n) is 4.18. The second-order valence-electron chi connectivity index (χ2n) is 6.72. The van der Waals surface area contributed by atoms with Gasteiger partial charge >= 0.3 is 0 Å². The Labute approximate surface area is 187 Å². The molecule has 160 valence electrons. The van der Waals surface area contributed by atoms with Gasteiger partial charge in [0.1, 0.15) is 5.75 Å². The number of carbonyl (C=O) groups excluding carboxylic acids is 2. The van der Waals surface area contributed by atoms with Gasteiger partial charge in [-0.3, -0.25) is 9.59 Å². The average Bonchev–Trinajstić information content (AvgIpc) is 2.71. The van der Waals surface area contributed by atoms with E-state index in [1.807, 2.05) is 0 Å². The number of ether oxygens (including phenoxy) is 1. The Morgan fingerprint density at radius 3 is 2.30 bits per heavy atom. The van der Waals surface area contributed by atoms with Gasteiger partial charge in [-0.1, -0.05) is 43.5 Å². The monoisotopic (exact) mass is 447 g/mol. The van der Waals surface area contributed by atoms with Gasteiger partial charge in [0.25, 0.3) is 5.91 Å². The largest absolute Gasteiger partial charge is 0.479 e. The molecule has 30 heavy (non-hydrogen) atoms. The minimum Gasteiger partial charge on any atom is -0.479 e. The fraction of sp³-hybridized carbons (Fsp3) is 0.318. The minimum absolute atomic E-state index is 0.0997. The van der Waals surface area contributed by atoms with Gasteiger partial charge < -0.3 is 20.7 Å². The molecule has 3 N–H and O–H groups in total. The second kappa shape index (κ2) is 12.1. The first-order chi connectivity index (χ1) is 14.4. The molecule has 0 aromatic heterocycles. The minimum atomic E-state index is -0.724. The van der Waals surface area contributed by atoms with Gasteiger partial charge in [-0.05, 0) is 62.0 Å². The maximum absolute atomic E-state index is 12.4. The van der Waals surface area contributed by atoms with Gasteiger partial charge in [-0.15, -0.1) is 0 Å². The highest BCUT2D eigenvalue weighted by Gasteiger charge is 2.16. The first kappa shape index (κ1) is 23.6. The molecule has 0 saturated carbocycles. The molecule has 0 aliphatic heterocycles. The molecule has 1 unspecified atom stereocenters. The molecule has 0 heterocycles. The third kappa shape index (κ3) is 8.00. The van der Waals surface area contributed by atoms with E-state index in [0.717, 1.165) is 19.3 Å². The summed E-state index contributed by atoms with van der Waals surface area (Å²) in [5.41, 5.74) is 1.31. The molecule has 1 atom stereocenters. The summed E-state index contributed by atoms with van der Waals surface area (Å²) in [5, 5.41) is 9.09. The van der Waals surface area contributed by atoms with E-state index in [1.165, 1.54) is 0 Å². The van der Waals surface area contributed by atoms with Crippen molar-refractivity contribution in [2.24, 2.45) is 0 Å². The zero-order chi connectivity index (χ0) is 21.9. The third-order valence-corrected chi connectivity index (χ3v) is 4.70. The standard InChI is InChI=1S/C22H26ClN3O3S/c1-3-4-5-10-20(27)26-22(30)25-17-13-11-16(12-14-17)24-21(28)15(2)29-19-9-7-6-8-18(19)23/h6-9,11-15H,3-5,10H2,1-2H3,(H,24,28)(H2,25,26,27,30). The maximum atomic E-state index is 12.4. The van der Waals surface area contributed by atoms with Gasteiger partial charge in [-0.25, -0.2) is 0 Å². The molecule has 0 fully saturated rings. The number of carbonyl (C=O) groups is 2. The number of halogens is 1. The van der Waals surface area contributed by atoms with Gasteiger partial charge in [0, 0.05) is 17.8 Å². The molecule has 2 aromatic carbocycles. The summed E-state index contributed by atoms with van der Waals surface area (Å²) >= 11 is 11.2. The number of para-hydroxylation sites is 1. The van der Waals surface area contributed by atoms with Gasteiger partial charge in [0.15, 0.2) is 11.2 Å². The van der Waals surface area contributed by atoms with Gasteiger partial charge in [-0.2, -0.15) is 0 Å². The van der Waals surface area contributed by atoms with Crippen LogP contribution in [0.2, 0.25) is 5.02 Å². The summed E-state index contributed by atoms with van der Waals surface area (Å²) in [6.07, 6.45) is 2.65. The van der Waals surface area contributed by atoms with Crippen LogP contribution in [0.15, 0.2) is 48.5 Å². The lowest BCUT2D eigenvalue weighted by Gasteiger charge is -2.16. The number of nitrogens with one attached hydrogen (secondary N) is 3. The summed E-state index contributed by atoms with van der Waals surface area (Å²) in [6.45, 7) is 3.74. The molecule has 0 aliphatic rings. The molecule has 0 spiro atoms. The van der Waals surface area contributed by atoms with Crippen molar-refractivity contribution in [3.63, 3.8) is 0 Å². The molecule has 2 rings (SSSR count). The predicted octanol–water partition coefficient (Wildman–Crippen LogP) is 5.14. The van der Waals surface area contributed by atoms with E-state index in [-0.39, 0.29) is 16.9 Å². The number of hydrogen-bond acceptors (Lipinski definition) is 4. The smallest absolute Gasteiger partial charge is 0.265 e. The summed E-state index contributed by atoms with van der Waals surface area (Å²) in [7, 11) is 0. The Morgan fingerprint density at radius 1 is 1.03 bits per heavy atom. The van der Waals surface area contributed by atoms with Crippen LogP contribution in [0.1, 0.15) is 39.5 Å². The summed E-state index contributed by atoms with van der Waals surface area (Å²) in [5.74, 6) is 0.0504. The molecule has 0 aliphatic carbocycles. The van der Waals surface area contributed by atoms with Crippen molar-refractivity contribution in [1.29, 1.82) is 0 Å². The van der Waals surface area contributed by atoms with Crippen LogP contribution in [0.5, 0.6) is 5.75 Å². The first-order valence-corrected chi connectivity index (χ1v) is 10.6. The second-order valence-corrected chi connectivity index (χ2v) is 7.53. The lowest BCUT2D eigenvalue weighted by Crippen LogP contribution is -2.33. The van der Waals surface area contributed by atoms with Crippen LogP contribution in [0.3, 0.4) is 0 Å². The number of rotatable bonds is 9. The van der Waals surface area contributed by atoms with Crippen LogP contribution in [0.25, 0.3) is 0 Å². The van der Waals surface area contributed by atoms with Gasteiger partial charge in [0.2, 0.25) is 5.91 Å². The van der Waals surface area contributed by atoms with Crippen molar-refractivity contribution in [2.75, 3.05) is 10.6 Å². The summed E-state index contributed by atoms with van der Waals surface area (Å²) in [4.78, 5) is 24.2.